The van der Waals surface area contributed by atoms with E-state index in [4.69, 9.17) is 0 Å². The number of fused-ring (bicyclic) bond motifs is 2. The predicted octanol–water partition coefficient (Wildman–Crippen LogP) is 2.05. The summed E-state index contributed by atoms with van der Waals surface area (Å²) in [6.07, 6.45) is 4.92. The maximum atomic E-state index is 12.9. The molecule has 0 aliphatic carbocycles. The van der Waals surface area contributed by atoms with Crippen molar-refractivity contribution >= 4 is 16.8 Å². The molecule has 0 unspecified atom stereocenters. The van der Waals surface area contributed by atoms with Crippen LogP contribution in [-0.4, -0.2) is 49.2 Å². The number of carbonyl (C=O) groups excluding carboxylic acids is 1. The van der Waals surface area contributed by atoms with Gasteiger partial charge in [0.25, 0.3) is 0 Å². The van der Waals surface area contributed by atoms with Gasteiger partial charge in [-0.05, 0) is 40.8 Å². The van der Waals surface area contributed by atoms with E-state index >= 15 is 0 Å². The Hall–Kier alpha value is -2.70. The molecule has 0 saturated heterocycles. The zero-order valence-electron chi connectivity index (χ0n) is 14.4. The molecule has 0 saturated carbocycles. The Morgan fingerprint density at radius 2 is 2.16 bits per heavy atom. The molecule has 1 aliphatic rings. The van der Waals surface area contributed by atoms with Crippen LogP contribution in [0.15, 0.2) is 36.5 Å². The molecule has 0 fully saturated rings. The summed E-state index contributed by atoms with van der Waals surface area (Å²) in [6.45, 7) is 2.23. The molecule has 0 bridgehead atoms. The Kier molecular flexibility index (Phi) is 4.21. The highest BCUT2D eigenvalue weighted by Gasteiger charge is 2.30. The van der Waals surface area contributed by atoms with E-state index < -0.39 is 0 Å². The Balaban J connectivity index is 1.46. The summed E-state index contributed by atoms with van der Waals surface area (Å²) in [5.41, 5.74) is 1.20. The van der Waals surface area contributed by atoms with Gasteiger partial charge in [0, 0.05) is 38.4 Å². The highest BCUT2D eigenvalue weighted by molar-refractivity contribution is 5.83. The second kappa shape index (κ2) is 6.66. The average molecular weight is 338 g/mol. The third kappa shape index (κ3) is 3.01. The molecule has 4 rings (SSSR count). The molecule has 1 amide bonds. The van der Waals surface area contributed by atoms with Crippen LogP contribution in [0, 0.1) is 0 Å². The molecule has 25 heavy (non-hydrogen) atoms. The zero-order valence-corrected chi connectivity index (χ0v) is 14.4. The predicted molar refractivity (Wildman–Crippen MR) is 94.0 cm³/mol. The first kappa shape index (κ1) is 15.8. The van der Waals surface area contributed by atoms with Gasteiger partial charge < -0.3 is 9.47 Å². The Bertz CT molecular complexity index is 882. The SMILES string of the molecule is CN(CCn1ccc2ccccc21)C(=O)[C@@H]1CCCCn2nnnc21. The van der Waals surface area contributed by atoms with Crippen LogP contribution >= 0.6 is 0 Å². The molecule has 3 aromatic rings. The Labute approximate surface area is 146 Å². The second-order valence-electron chi connectivity index (χ2n) is 6.64. The Morgan fingerprint density at radius 3 is 3.08 bits per heavy atom. The minimum atomic E-state index is -0.232. The number of rotatable bonds is 4. The summed E-state index contributed by atoms with van der Waals surface area (Å²) in [7, 11) is 1.87. The number of likely N-dealkylation sites (N-methyl/N-ethyl adjacent to an activating group) is 1. The third-order valence-corrected chi connectivity index (χ3v) is 5.01. The lowest BCUT2D eigenvalue weighted by molar-refractivity contribution is -0.132. The van der Waals surface area contributed by atoms with Crippen LogP contribution in [0.3, 0.4) is 0 Å². The molecule has 7 nitrogen and oxygen atoms in total. The molecular weight excluding hydrogens is 316 g/mol. The van der Waals surface area contributed by atoms with Crippen molar-refractivity contribution in [3.05, 3.63) is 42.4 Å². The molecule has 3 heterocycles. The minimum absolute atomic E-state index is 0.106. The number of carbonyl (C=O) groups is 1. The van der Waals surface area contributed by atoms with Gasteiger partial charge in [0.1, 0.15) is 0 Å². The van der Waals surface area contributed by atoms with E-state index in [0.29, 0.717) is 12.4 Å². The fraction of sp³-hybridized carbons (Fsp3) is 0.444. The molecule has 7 heteroatoms. The monoisotopic (exact) mass is 338 g/mol. The number of hydrogen-bond donors (Lipinski definition) is 0. The molecule has 2 aromatic heterocycles. The van der Waals surface area contributed by atoms with Gasteiger partial charge in [0.05, 0.1) is 5.92 Å². The molecule has 130 valence electrons. The lowest BCUT2D eigenvalue weighted by Crippen LogP contribution is -2.35. The van der Waals surface area contributed by atoms with E-state index in [1.165, 1.54) is 10.9 Å². The van der Waals surface area contributed by atoms with E-state index in [-0.39, 0.29) is 11.8 Å². The number of aromatic nitrogens is 5. The second-order valence-corrected chi connectivity index (χ2v) is 6.64. The smallest absolute Gasteiger partial charge is 0.233 e. The quantitative estimate of drug-likeness (QED) is 0.730. The van der Waals surface area contributed by atoms with E-state index in [1.807, 2.05) is 24.1 Å². The summed E-state index contributed by atoms with van der Waals surface area (Å²) in [6, 6.07) is 10.4. The van der Waals surface area contributed by atoms with Crippen molar-refractivity contribution in [3.8, 4) is 0 Å². The van der Waals surface area contributed by atoms with E-state index in [2.05, 4.69) is 44.5 Å². The summed E-state index contributed by atoms with van der Waals surface area (Å²) in [5, 5.41) is 13.1. The summed E-state index contributed by atoms with van der Waals surface area (Å²) in [4.78, 5) is 14.8. The molecule has 1 aliphatic heterocycles. The van der Waals surface area contributed by atoms with Crippen LogP contribution in [0.25, 0.3) is 10.9 Å². The fourth-order valence-corrected chi connectivity index (χ4v) is 3.56. The van der Waals surface area contributed by atoms with Crippen molar-refractivity contribution in [1.82, 2.24) is 29.7 Å². The first-order chi connectivity index (χ1) is 12.2. The van der Waals surface area contributed by atoms with Crippen molar-refractivity contribution in [2.75, 3.05) is 13.6 Å². The lowest BCUT2D eigenvalue weighted by Gasteiger charge is -2.22. The largest absolute Gasteiger partial charge is 0.346 e. The normalized spacial score (nSPS) is 17.2. The van der Waals surface area contributed by atoms with Crippen molar-refractivity contribution < 1.29 is 4.79 Å². The van der Waals surface area contributed by atoms with Crippen LogP contribution in [0.4, 0.5) is 0 Å². The average Bonchev–Trinajstić information content (AvgIpc) is 3.22. The summed E-state index contributed by atoms with van der Waals surface area (Å²) in [5.74, 6) is 0.582. The van der Waals surface area contributed by atoms with Crippen LogP contribution in [-0.2, 0) is 17.9 Å². The Morgan fingerprint density at radius 1 is 1.28 bits per heavy atom. The van der Waals surface area contributed by atoms with Gasteiger partial charge in [-0.2, -0.15) is 0 Å². The van der Waals surface area contributed by atoms with E-state index in [9.17, 15) is 4.79 Å². The first-order valence-corrected chi connectivity index (χ1v) is 8.79. The first-order valence-electron chi connectivity index (χ1n) is 8.79. The maximum Gasteiger partial charge on any atom is 0.233 e. The van der Waals surface area contributed by atoms with Gasteiger partial charge in [-0.3, -0.25) is 4.79 Å². The molecule has 1 aromatic carbocycles. The molecule has 0 N–H and O–H groups in total. The number of nitrogens with zero attached hydrogens (tertiary/aromatic N) is 6. The number of benzene rings is 1. The van der Waals surface area contributed by atoms with Crippen LogP contribution in [0.5, 0.6) is 0 Å². The maximum absolute atomic E-state index is 12.9. The lowest BCUT2D eigenvalue weighted by atomic mass is 10.0. The number of aryl methyl sites for hydroxylation is 1. The van der Waals surface area contributed by atoms with Crippen molar-refractivity contribution in [1.29, 1.82) is 0 Å². The molecule has 0 radical (unpaired) electrons. The highest BCUT2D eigenvalue weighted by Crippen LogP contribution is 2.25. The van der Waals surface area contributed by atoms with Gasteiger partial charge in [0.15, 0.2) is 5.82 Å². The van der Waals surface area contributed by atoms with Crippen LogP contribution < -0.4 is 0 Å². The topological polar surface area (TPSA) is 68.8 Å². The summed E-state index contributed by atoms with van der Waals surface area (Å²) < 4.78 is 3.97. The van der Waals surface area contributed by atoms with E-state index in [1.54, 1.807) is 4.68 Å². The molecule has 0 spiro atoms. The summed E-state index contributed by atoms with van der Waals surface area (Å²) >= 11 is 0. The van der Waals surface area contributed by atoms with Gasteiger partial charge >= 0.3 is 0 Å². The third-order valence-electron chi connectivity index (χ3n) is 5.01. The van der Waals surface area contributed by atoms with Crippen LogP contribution in [0.2, 0.25) is 0 Å². The molecular formula is C18H22N6O. The van der Waals surface area contributed by atoms with Crippen molar-refractivity contribution in [2.45, 2.75) is 38.3 Å². The van der Waals surface area contributed by atoms with E-state index in [0.717, 1.165) is 32.4 Å². The zero-order chi connectivity index (χ0) is 17.2. The highest BCUT2D eigenvalue weighted by atomic mass is 16.2. The minimum Gasteiger partial charge on any atom is -0.346 e. The standard InChI is InChI=1S/C18H22N6O/c1-22(12-13-23-11-9-14-6-2-3-8-16(14)23)18(25)15-7-4-5-10-24-17(15)19-20-21-24/h2-3,6,8-9,11,15H,4-5,7,10,12-13H2,1H3/t15-/m1/s1. The van der Waals surface area contributed by atoms with Crippen molar-refractivity contribution in [3.63, 3.8) is 0 Å². The van der Waals surface area contributed by atoms with Crippen LogP contribution in [0.1, 0.15) is 31.0 Å². The van der Waals surface area contributed by atoms with Gasteiger partial charge in [0.2, 0.25) is 5.91 Å². The number of amides is 1. The van der Waals surface area contributed by atoms with Gasteiger partial charge in [-0.15, -0.1) is 5.10 Å². The van der Waals surface area contributed by atoms with Gasteiger partial charge in [-0.25, -0.2) is 4.68 Å². The fourth-order valence-electron chi connectivity index (χ4n) is 3.56. The van der Waals surface area contributed by atoms with Crippen molar-refractivity contribution in [2.24, 2.45) is 0 Å². The number of tetrazole rings is 1. The number of hydrogen-bond acceptors (Lipinski definition) is 4. The number of para-hydroxylation sites is 1. The van der Waals surface area contributed by atoms with Gasteiger partial charge in [-0.1, -0.05) is 24.6 Å². The molecule has 1 atom stereocenters.